The molecule has 26 heavy (non-hydrogen) atoms. The number of carbonyl (C=O) groups is 2. The summed E-state index contributed by atoms with van der Waals surface area (Å²) in [7, 11) is 0. The summed E-state index contributed by atoms with van der Waals surface area (Å²) in [5.74, 6) is 0.441. The Balaban J connectivity index is 1.54. The van der Waals surface area contributed by atoms with Gasteiger partial charge < -0.3 is 15.4 Å². The van der Waals surface area contributed by atoms with Crippen LogP contribution in [0.5, 0.6) is 5.75 Å². The molecule has 0 atom stereocenters. The van der Waals surface area contributed by atoms with Gasteiger partial charge in [-0.1, -0.05) is 17.7 Å². The van der Waals surface area contributed by atoms with Crippen LogP contribution in [0.25, 0.3) is 0 Å². The Hall–Kier alpha value is -2.82. The number of rotatable bonds is 6. The molecule has 5 heteroatoms. The minimum absolute atomic E-state index is 0.0609. The Labute approximate surface area is 153 Å². The molecule has 0 radical (unpaired) electrons. The highest BCUT2D eigenvalue weighted by Gasteiger charge is 2.23. The number of ether oxygens (including phenoxy) is 1. The zero-order chi connectivity index (χ0) is 18.7. The molecule has 2 aromatic carbocycles. The van der Waals surface area contributed by atoms with Gasteiger partial charge in [0.25, 0.3) is 11.8 Å². The van der Waals surface area contributed by atoms with Gasteiger partial charge in [-0.2, -0.15) is 0 Å². The van der Waals surface area contributed by atoms with E-state index in [-0.39, 0.29) is 18.4 Å². The van der Waals surface area contributed by atoms with Crippen molar-refractivity contribution in [2.45, 2.75) is 39.7 Å². The van der Waals surface area contributed by atoms with Crippen molar-refractivity contribution in [3.8, 4) is 5.75 Å². The quantitative estimate of drug-likeness (QED) is 0.836. The average Bonchev–Trinajstić information content (AvgIpc) is 3.38. The first kappa shape index (κ1) is 18.0. The summed E-state index contributed by atoms with van der Waals surface area (Å²) in [6.07, 6.45) is 2.11. The van der Waals surface area contributed by atoms with E-state index in [0.717, 1.165) is 29.7 Å². The highest BCUT2D eigenvalue weighted by atomic mass is 16.5. The van der Waals surface area contributed by atoms with E-state index in [1.807, 2.05) is 32.9 Å². The van der Waals surface area contributed by atoms with Gasteiger partial charge in [-0.15, -0.1) is 0 Å². The van der Waals surface area contributed by atoms with Gasteiger partial charge in [0, 0.05) is 17.3 Å². The molecule has 5 nitrogen and oxygen atoms in total. The number of nitrogens with one attached hydrogen (secondary N) is 2. The molecule has 1 aliphatic rings. The van der Waals surface area contributed by atoms with Gasteiger partial charge >= 0.3 is 0 Å². The van der Waals surface area contributed by atoms with Gasteiger partial charge in [0.15, 0.2) is 6.61 Å². The van der Waals surface area contributed by atoms with Crippen molar-refractivity contribution >= 4 is 17.5 Å². The summed E-state index contributed by atoms with van der Waals surface area (Å²) in [5.41, 5.74) is 4.43. The van der Waals surface area contributed by atoms with E-state index in [1.165, 1.54) is 5.56 Å². The fourth-order valence-corrected chi connectivity index (χ4v) is 2.93. The lowest BCUT2D eigenvalue weighted by atomic mass is 10.1. The molecule has 1 saturated carbocycles. The van der Waals surface area contributed by atoms with Gasteiger partial charge in [-0.25, -0.2) is 0 Å². The van der Waals surface area contributed by atoms with Gasteiger partial charge in [0.1, 0.15) is 5.75 Å². The third-order valence-electron chi connectivity index (χ3n) is 4.30. The van der Waals surface area contributed by atoms with E-state index >= 15 is 0 Å². The van der Waals surface area contributed by atoms with Crippen LogP contribution in [0.2, 0.25) is 0 Å². The van der Waals surface area contributed by atoms with Gasteiger partial charge in [0.05, 0.1) is 0 Å². The second-order valence-corrected chi connectivity index (χ2v) is 6.89. The zero-order valence-corrected chi connectivity index (χ0v) is 15.4. The van der Waals surface area contributed by atoms with Crippen molar-refractivity contribution in [1.82, 2.24) is 5.32 Å². The molecule has 0 spiro atoms. The fourth-order valence-electron chi connectivity index (χ4n) is 2.93. The van der Waals surface area contributed by atoms with E-state index in [2.05, 4.69) is 10.6 Å². The van der Waals surface area contributed by atoms with Crippen LogP contribution in [0.4, 0.5) is 5.69 Å². The average molecular weight is 352 g/mol. The van der Waals surface area contributed by atoms with E-state index in [4.69, 9.17) is 4.74 Å². The summed E-state index contributed by atoms with van der Waals surface area (Å²) in [4.78, 5) is 24.1. The first-order valence-electron chi connectivity index (χ1n) is 8.84. The van der Waals surface area contributed by atoms with Gasteiger partial charge in [-0.3, -0.25) is 9.59 Å². The molecular weight excluding hydrogens is 328 g/mol. The lowest BCUT2D eigenvalue weighted by molar-refractivity contribution is -0.118. The Kier molecular flexibility index (Phi) is 5.26. The van der Waals surface area contributed by atoms with Crippen molar-refractivity contribution in [3.63, 3.8) is 0 Å². The maximum absolute atomic E-state index is 12.1. The summed E-state index contributed by atoms with van der Waals surface area (Å²) >= 11 is 0. The van der Waals surface area contributed by atoms with E-state index in [1.54, 1.807) is 24.3 Å². The molecule has 0 heterocycles. The normalized spacial score (nSPS) is 13.2. The molecular formula is C21H24N2O3. The summed E-state index contributed by atoms with van der Waals surface area (Å²) in [6.45, 7) is 5.91. The number of anilines is 1. The number of hydrogen-bond donors (Lipinski definition) is 2. The maximum atomic E-state index is 12.1. The van der Waals surface area contributed by atoms with Crippen LogP contribution in [0.1, 0.15) is 39.9 Å². The molecule has 3 rings (SSSR count). The van der Waals surface area contributed by atoms with Crippen LogP contribution in [0, 0.1) is 20.8 Å². The zero-order valence-electron chi connectivity index (χ0n) is 15.4. The second-order valence-electron chi connectivity index (χ2n) is 6.89. The molecule has 2 aromatic rings. The molecule has 0 bridgehead atoms. The number of amides is 2. The maximum Gasteiger partial charge on any atom is 0.262 e. The fraction of sp³-hybridized carbons (Fsp3) is 0.333. The van der Waals surface area contributed by atoms with Gasteiger partial charge in [-0.05, 0) is 69.0 Å². The Bertz CT molecular complexity index is 801. The van der Waals surface area contributed by atoms with Gasteiger partial charge in [0.2, 0.25) is 0 Å². The lowest BCUT2D eigenvalue weighted by Gasteiger charge is -2.13. The monoisotopic (exact) mass is 352 g/mol. The summed E-state index contributed by atoms with van der Waals surface area (Å²) in [5, 5.41) is 5.72. The van der Waals surface area contributed by atoms with Crippen LogP contribution >= 0.6 is 0 Å². The smallest absolute Gasteiger partial charge is 0.262 e. The third kappa shape index (κ3) is 4.63. The Morgan fingerprint density at radius 3 is 2.23 bits per heavy atom. The number of benzene rings is 2. The SMILES string of the molecule is Cc1cc(C)c(OCC(=O)Nc2ccc(C(=O)NC3CC3)cc2)c(C)c1. The van der Waals surface area contributed by atoms with E-state index < -0.39 is 0 Å². The molecule has 0 aromatic heterocycles. The van der Waals surface area contributed by atoms with Crippen molar-refractivity contribution in [2.24, 2.45) is 0 Å². The number of carbonyl (C=O) groups excluding carboxylic acids is 2. The number of aryl methyl sites for hydroxylation is 3. The van der Waals surface area contributed by atoms with Crippen LogP contribution < -0.4 is 15.4 Å². The molecule has 136 valence electrons. The van der Waals surface area contributed by atoms with Crippen molar-refractivity contribution < 1.29 is 14.3 Å². The molecule has 1 aliphatic carbocycles. The molecule has 1 fully saturated rings. The molecule has 0 saturated heterocycles. The largest absolute Gasteiger partial charge is 0.483 e. The summed E-state index contributed by atoms with van der Waals surface area (Å²) in [6, 6.07) is 11.3. The van der Waals surface area contributed by atoms with Crippen molar-refractivity contribution in [3.05, 3.63) is 58.7 Å². The van der Waals surface area contributed by atoms with Crippen LogP contribution in [-0.2, 0) is 4.79 Å². The van der Waals surface area contributed by atoms with Crippen LogP contribution in [0.3, 0.4) is 0 Å². The minimum Gasteiger partial charge on any atom is -0.483 e. The standard InChI is InChI=1S/C21H24N2O3/c1-13-10-14(2)20(15(3)11-13)26-12-19(24)22-17-6-4-16(5-7-17)21(25)23-18-8-9-18/h4-7,10-11,18H,8-9,12H2,1-3H3,(H,22,24)(H,23,25). The second kappa shape index (κ2) is 7.60. The minimum atomic E-state index is -0.237. The molecule has 2 amide bonds. The Morgan fingerprint density at radius 2 is 1.65 bits per heavy atom. The van der Waals surface area contributed by atoms with Crippen molar-refractivity contribution in [2.75, 3.05) is 11.9 Å². The lowest BCUT2D eigenvalue weighted by Crippen LogP contribution is -2.25. The van der Waals surface area contributed by atoms with Crippen LogP contribution in [0.15, 0.2) is 36.4 Å². The third-order valence-corrected chi connectivity index (χ3v) is 4.30. The van der Waals surface area contributed by atoms with E-state index in [9.17, 15) is 9.59 Å². The van der Waals surface area contributed by atoms with Crippen molar-refractivity contribution in [1.29, 1.82) is 0 Å². The predicted molar refractivity (Wildman–Crippen MR) is 102 cm³/mol. The Morgan fingerprint density at radius 1 is 1.04 bits per heavy atom. The molecule has 2 N–H and O–H groups in total. The van der Waals surface area contributed by atoms with E-state index in [0.29, 0.717) is 17.3 Å². The predicted octanol–water partition coefficient (Wildman–Crippen LogP) is 3.52. The summed E-state index contributed by atoms with van der Waals surface area (Å²) < 4.78 is 5.69. The highest BCUT2D eigenvalue weighted by Crippen LogP contribution is 2.24. The first-order valence-corrected chi connectivity index (χ1v) is 8.84. The number of hydrogen-bond acceptors (Lipinski definition) is 3. The highest BCUT2D eigenvalue weighted by molar-refractivity contribution is 5.96. The topological polar surface area (TPSA) is 67.4 Å². The molecule has 0 unspecified atom stereocenters. The van der Waals surface area contributed by atoms with Crippen LogP contribution in [-0.4, -0.2) is 24.5 Å². The first-order chi connectivity index (χ1) is 12.4. The molecule has 0 aliphatic heterocycles.